The maximum Gasteiger partial charge on any atom is 0.196 e. The van der Waals surface area contributed by atoms with E-state index in [1.165, 1.54) is 0 Å². The van der Waals surface area contributed by atoms with Gasteiger partial charge >= 0.3 is 0 Å². The Hall–Kier alpha value is -1.96. The molecule has 22 heavy (non-hydrogen) atoms. The number of fused-ring (bicyclic) bond motifs is 1. The number of halogens is 2. The zero-order chi connectivity index (χ0) is 15.3. The van der Waals surface area contributed by atoms with Crippen LogP contribution in [0, 0.1) is 12.5 Å². The van der Waals surface area contributed by atoms with E-state index in [4.69, 9.17) is 29.8 Å². The molecule has 0 bridgehead atoms. The lowest BCUT2D eigenvalue weighted by Gasteiger charge is -2.27. The summed E-state index contributed by atoms with van der Waals surface area (Å²) in [7, 11) is 0. The van der Waals surface area contributed by atoms with Gasteiger partial charge in [0.1, 0.15) is 5.82 Å². The summed E-state index contributed by atoms with van der Waals surface area (Å²) in [6.45, 7) is 7.67. The third-order valence-electron chi connectivity index (χ3n) is 4.19. The lowest BCUT2D eigenvalue weighted by atomic mass is 9.86. The van der Waals surface area contributed by atoms with Gasteiger partial charge < -0.3 is 5.32 Å². The van der Waals surface area contributed by atoms with Gasteiger partial charge in [-0.05, 0) is 30.4 Å². The lowest BCUT2D eigenvalue weighted by Crippen LogP contribution is -2.18. The zero-order valence-electron chi connectivity index (χ0n) is 11.5. The van der Waals surface area contributed by atoms with Gasteiger partial charge in [-0.25, -0.2) is 4.85 Å². The van der Waals surface area contributed by atoms with Crippen LogP contribution in [0.3, 0.4) is 0 Å². The summed E-state index contributed by atoms with van der Waals surface area (Å²) < 4.78 is 0. The number of anilines is 1. The molecule has 2 aliphatic rings. The molecule has 0 saturated heterocycles. The van der Waals surface area contributed by atoms with Crippen LogP contribution in [0.1, 0.15) is 29.9 Å². The lowest BCUT2D eigenvalue weighted by molar-refractivity contribution is 0.873. The molecular formula is C16H12Cl2N4. The fraction of sp³-hybridized carbons (Fsp3) is 0.250. The second-order valence-corrected chi connectivity index (χ2v) is 6.37. The molecule has 1 fully saturated rings. The molecule has 110 valence electrons. The molecule has 1 aromatic carbocycles. The number of benzene rings is 1. The number of aromatic amines is 1. The van der Waals surface area contributed by atoms with Crippen molar-refractivity contribution in [2.24, 2.45) is 5.92 Å². The van der Waals surface area contributed by atoms with Crippen molar-refractivity contribution in [1.29, 1.82) is 0 Å². The Bertz CT molecular complexity index is 827. The van der Waals surface area contributed by atoms with Crippen LogP contribution < -0.4 is 5.32 Å². The van der Waals surface area contributed by atoms with Crippen LogP contribution in [0.5, 0.6) is 0 Å². The van der Waals surface area contributed by atoms with E-state index >= 15 is 0 Å². The van der Waals surface area contributed by atoms with Crippen molar-refractivity contribution >= 4 is 29.0 Å². The summed E-state index contributed by atoms with van der Waals surface area (Å²) in [5.41, 5.74) is 3.47. The zero-order valence-corrected chi connectivity index (χ0v) is 13.0. The molecule has 2 N–H and O–H groups in total. The number of H-pyrrole nitrogens is 1. The summed E-state index contributed by atoms with van der Waals surface area (Å²) in [5.74, 6) is 1.05. The highest BCUT2D eigenvalue weighted by Crippen LogP contribution is 2.49. The molecule has 0 radical (unpaired) electrons. The molecule has 0 amide bonds. The third kappa shape index (κ3) is 2.01. The van der Waals surface area contributed by atoms with Crippen molar-refractivity contribution in [2.45, 2.75) is 18.8 Å². The predicted molar refractivity (Wildman–Crippen MR) is 86.9 cm³/mol. The van der Waals surface area contributed by atoms with Gasteiger partial charge in [-0.1, -0.05) is 35.3 Å². The predicted octanol–water partition coefficient (Wildman–Crippen LogP) is 4.81. The van der Waals surface area contributed by atoms with E-state index in [1.54, 1.807) is 12.3 Å². The number of allylic oxidation sites excluding steroid dienone is 2. The summed E-state index contributed by atoms with van der Waals surface area (Å²) in [4.78, 5) is 3.82. The molecule has 1 saturated carbocycles. The summed E-state index contributed by atoms with van der Waals surface area (Å²) in [6, 6.07) is 5.55. The van der Waals surface area contributed by atoms with Crippen molar-refractivity contribution < 1.29 is 0 Å². The van der Waals surface area contributed by atoms with Crippen LogP contribution in [0.4, 0.5) is 5.82 Å². The van der Waals surface area contributed by atoms with Gasteiger partial charge in [0.25, 0.3) is 0 Å². The molecule has 1 unspecified atom stereocenters. The Labute approximate surface area is 137 Å². The summed E-state index contributed by atoms with van der Waals surface area (Å²) in [5, 5.41) is 11.4. The SMILES string of the molecule is [C-]#[N+]C1=C(C2CC2)Nc2[nH]ncc2C1c1cccc(Cl)c1Cl. The molecule has 1 aliphatic heterocycles. The molecule has 4 rings (SSSR count). The Morgan fingerprint density at radius 2 is 2.05 bits per heavy atom. The quantitative estimate of drug-likeness (QED) is 0.775. The van der Waals surface area contributed by atoms with Gasteiger partial charge in [0, 0.05) is 11.3 Å². The number of rotatable bonds is 2. The molecule has 2 heterocycles. The van der Waals surface area contributed by atoms with Crippen LogP contribution in [0.2, 0.25) is 10.0 Å². The first-order valence-electron chi connectivity index (χ1n) is 7.06. The van der Waals surface area contributed by atoms with Gasteiger partial charge in [-0.2, -0.15) is 5.10 Å². The van der Waals surface area contributed by atoms with E-state index < -0.39 is 0 Å². The smallest absolute Gasteiger partial charge is 0.196 e. The number of hydrogen-bond donors (Lipinski definition) is 2. The molecule has 0 spiro atoms. The highest BCUT2D eigenvalue weighted by molar-refractivity contribution is 6.42. The first kappa shape index (κ1) is 13.7. The summed E-state index contributed by atoms with van der Waals surface area (Å²) >= 11 is 12.6. The number of nitrogens with zero attached hydrogens (tertiary/aromatic N) is 2. The minimum absolute atomic E-state index is 0.228. The Balaban J connectivity index is 1.95. The Morgan fingerprint density at radius 1 is 1.23 bits per heavy atom. The van der Waals surface area contributed by atoms with Crippen molar-refractivity contribution in [1.82, 2.24) is 10.2 Å². The number of aromatic nitrogens is 2. The molecule has 4 nitrogen and oxygen atoms in total. The third-order valence-corrected chi connectivity index (χ3v) is 5.02. The first-order valence-corrected chi connectivity index (χ1v) is 7.82. The van der Waals surface area contributed by atoms with E-state index in [0.717, 1.165) is 35.5 Å². The Kier molecular flexibility index (Phi) is 3.14. The van der Waals surface area contributed by atoms with Crippen LogP contribution in [-0.4, -0.2) is 10.2 Å². The van der Waals surface area contributed by atoms with Crippen molar-refractivity contribution in [2.75, 3.05) is 5.32 Å². The van der Waals surface area contributed by atoms with Crippen molar-refractivity contribution in [3.05, 3.63) is 68.4 Å². The first-order chi connectivity index (χ1) is 10.7. The van der Waals surface area contributed by atoms with E-state index in [1.807, 2.05) is 12.1 Å². The fourth-order valence-corrected chi connectivity index (χ4v) is 3.40. The molecule has 2 aromatic rings. The van der Waals surface area contributed by atoms with Gasteiger partial charge in [0.2, 0.25) is 0 Å². The van der Waals surface area contributed by atoms with Crippen LogP contribution in [-0.2, 0) is 0 Å². The van der Waals surface area contributed by atoms with E-state index in [2.05, 4.69) is 20.4 Å². The van der Waals surface area contributed by atoms with Gasteiger partial charge in [-0.15, -0.1) is 0 Å². The highest BCUT2D eigenvalue weighted by atomic mass is 35.5. The summed E-state index contributed by atoms with van der Waals surface area (Å²) in [6.07, 6.45) is 3.97. The topological polar surface area (TPSA) is 45.1 Å². The fourth-order valence-electron chi connectivity index (χ4n) is 2.98. The monoisotopic (exact) mass is 330 g/mol. The largest absolute Gasteiger partial charge is 0.354 e. The average molecular weight is 331 g/mol. The average Bonchev–Trinajstić information content (AvgIpc) is 3.26. The van der Waals surface area contributed by atoms with E-state index in [-0.39, 0.29) is 5.92 Å². The van der Waals surface area contributed by atoms with E-state index in [0.29, 0.717) is 21.7 Å². The normalized spacial score (nSPS) is 20.3. The molecular weight excluding hydrogens is 319 g/mol. The minimum Gasteiger partial charge on any atom is -0.354 e. The van der Waals surface area contributed by atoms with Gasteiger partial charge in [0.05, 0.1) is 28.7 Å². The maximum absolute atomic E-state index is 7.67. The maximum atomic E-state index is 7.67. The Morgan fingerprint density at radius 3 is 2.77 bits per heavy atom. The van der Waals surface area contributed by atoms with Crippen LogP contribution >= 0.6 is 23.2 Å². The van der Waals surface area contributed by atoms with Gasteiger partial charge in [0.15, 0.2) is 5.70 Å². The minimum atomic E-state index is -0.228. The highest BCUT2D eigenvalue weighted by Gasteiger charge is 2.38. The van der Waals surface area contributed by atoms with Gasteiger partial charge in [-0.3, -0.25) is 5.10 Å². The van der Waals surface area contributed by atoms with Crippen molar-refractivity contribution in [3.8, 4) is 0 Å². The number of nitrogens with one attached hydrogen (secondary N) is 2. The standard InChI is InChI=1S/C16H12Cl2N4/c1-19-15-12(9-3-2-4-11(17)13(9)18)10-7-20-22-16(10)21-14(15)8-5-6-8/h2-4,7-8,12H,5-6H2,(H2,20,21,22). The second kappa shape index (κ2) is 5.05. The molecule has 6 heteroatoms. The molecule has 1 aliphatic carbocycles. The van der Waals surface area contributed by atoms with Crippen LogP contribution in [0.25, 0.3) is 4.85 Å². The van der Waals surface area contributed by atoms with Crippen LogP contribution in [0.15, 0.2) is 35.8 Å². The second-order valence-electron chi connectivity index (χ2n) is 5.59. The number of hydrogen-bond acceptors (Lipinski definition) is 2. The molecule has 1 aromatic heterocycles. The molecule has 1 atom stereocenters. The van der Waals surface area contributed by atoms with Crippen molar-refractivity contribution in [3.63, 3.8) is 0 Å². The van der Waals surface area contributed by atoms with E-state index in [9.17, 15) is 0 Å².